The third-order valence-electron chi connectivity index (χ3n) is 2.76. The molecule has 110 valence electrons. The summed E-state index contributed by atoms with van der Waals surface area (Å²) in [6, 6.07) is 3.33. The highest BCUT2D eigenvalue weighted by molar-refractivity contribution is 6.32. The minimum Gasteiger partial charge on any atom is -0.461 e. The molecule has 21 heavy (non-hydrogen) atoms. The van der Waals surface area contributed by atoms with E-state index in [-0.39, 0.29) is 30.1 Å². The Morgan fingerprint density at radius 2 is 2.14 bits per heavy atom. The van der Waals surface area contributed by atoms with Crippen LogP contribution in [0.2, 0.25) is 5.02 Å². The molecule has 2 heterocycles. The summed E-state index contributed by atoms with van der Waals surface area (Å²) in [6.07, 6.45) is 3.26. The lowest BCUT2D eigenvalue weighted by atomic mass is 10.1. The zero-order valence-corrected chi connectivity index (χ0v) is 12.4. The first-order chi connectivity index (χ1) is 10.1. The highest BCUT2D eigenvalue weighted by Gasteiger charge is 2.23. The standard InChI is InChI=1S/C14H14ClN3O3/c1-3-11(19)9-8-18(13-10(15)6-5-7-16-13)17-12(9)14(20)21-4-2/h5-8H,3-4H2,1-2H3. The van der Waals surface area contributed by atoms with E-state index in [1.165, 1.54) is 10.9 Å². The number of carbonyl (C=O) groups is 2. The maximum absolute atomic E-state index is 12.0. The summed E-state index contributed by atoms with van der Waals surface area (Å²) in [5.74, 6) is -0.490. The normalized spacial score (nSPS) is 10.4. The first-order valence-electron chi connectivity index (χ1n) is 6.49. The average molecular weight is 308 g/mol. The van der Waals surface area contributed by atoms with Gasteiger partial charge in [0.2, 0.25) is 0 Å². The molecule has 2 rings (SSSR count). The van der Waals surface area contributed by atoms with Crippen molar-refractivity contribution in [2.45, 2.75) is 20.3 Å². The van der Waals surface area contributed by atoms with Crippen LogP contribution in [0.15, 0.2) is 24.5 Å². The lowest BCUT2D eigenvalue weighted by Crippen LogP contribution is -2.11. The Labute approximate surface area is 126 Å². The maximum atomic E-state index is 12.0. The van der Waals surface area contributed by atoms with Crippen molar-refractivity contribution in [2.75, 3.05) is 6.61 Å². The Balaban J connectivity index is 2.53. The van der Waals surface area contributed by atoms with E-state index in [9.17, 15) is 9.59 Å². The number of nitrogens with zero attached hydrogens (tertiary/aromatic N) is 3. The van der Waals surface area contributed by atoms with E-state index in [0.29, 0.717) is 10.8 Å². The number of esters is 1. The molecule has 0 amide bonds. The third kappa shape index (κ3) is 3.11. The van der Waals surface area contributed by atoms with E-state index in [2.05, 4.69) is 10.1 Å². The van der Waals surface area contributed by atoms with Gasteiger partial charge in [0.05, 0.1) is 17.2 Å². The Kier molecular flexibility index (Phi) is 4.70. The van der Waals surface area contributed by atoms with Gasteiger partial charge in [0.15, 0.2) is 17.3 Å². The Bertz CT molecular complexity index is 682. The summed E-state index contributed by atoms with van der Waals surface area (Å²) in [7, 11) is 0. The van der Waals surface area contributed by atoms with E-state index in [0.717, 1.165) is 0 Å². The Morgan fingerprint density at radius 1 is 1.38 bits per heavy atom. The molecule has 0 aliphatic rings. The number of hydrogen-bond donors (Lipinski definition) is 0. The van der Waals surface area contributed by atoms with Crippen LogP contribution >= 0.6 is 11.6 Å². The molecular weight excluding hydrogens is 294 g/mol. The molecule has 2 aromatic heterocycles. The van der Waals surface area contributed by atoms with E-state index in [1.54, 1.807) is 32.2 Å². The number of rotatable bonds is 5. The predicted octanol–water partition coefficient (Wildman–Crippen LogP) is 2.69. The molecule has 0 N–H and O–H groups in total. The summed E-state index contributed by atoms with van der Waals surface area (Å²) in [5, 5.41) is 4.47. The number of ketones is 1. The van der Waals surface area contributed by atoms with Crippen LogP contribution in [0.4, 0.5) is 0 Å². The van der Waals surface area contributed by atoms with Gasteiger partial charge in [-0.1, -0.05) is 18.5 Å². The van der Waals surface area contributed by atoms with E-state index >= 15 is 0 Å². The van der Waals surface area contributed by atoms with E-state index < -0.39 is 5.97 Å². The van der Waals surface area contributed by atoms with Crippen molar-refractivity contribution >= 4 is 23.4 Å². The first-order valence-corrected chi connectivity index (χ1v) is 6.87. The van der Waals surface area contributed by atoms with Gasteiger partial charge in [-0.3, -0.25) is 4.79 Å². The smallest absolute Gasteiger partial charge is 0.359 e. The Hall–Kier alpha value is -2.21. The molecule has 0 spiro atoms. The van der Waals surface area contributed by atoms with E-state index in [1.807, 2.05) is 0 Å². The fourth-order valence-corrected chi connectivity index (χ4v) is 1.98. The van der Waals surface area contributed by atoms with Gasteiger partial charge in [-0.05, 0) is 19.1 Å². The molecule has 0 radical (unpaired) electrons. The van der Waals surface area contributed by atoms with Crippen molar-refractivity contribution in [1.82, 2.24) is 14.8 Å². The van der Waals surface area contributed by atoms with Crippen molar-refractivity contribution in [3.05, 3.63) is 40.8 Å². The van der Waals surface area contributed by atoms with Crippen LogP contribution in [0, 0.1) is 0 Å². The van der Waals surface area contributed by atoms with Crippen molar-refractivity contribution in [3.63, 3.8) is 0 Å². The van der Waals surface area contributed by atoms with Gasteiger partial charge in [0.1, 0.15) is 0 Å². The van der Waals surface area contributed by atoms with Crippen LogP contribution in [0.1, 0.15) is 41.1 Å². The molecule has 0 aliphatic heterocycles. The van der Waals surface area contributed by atoms with Crippen molar-refractivity contribution in [1.29, 1.82) is 0 Å². The molecule has 0 aliphatic carbocycles. The summed E-state index contributed by atoms with van der Waals surface area (Å²) in [5.41, 5.74) is 0.183. The molecule has 0 bridgehead atoms. The third-order valence-corrected chi connectivity index (χ3v) is 3.06. The average Bonchev–Trinajstić information content (AvgIpc) is 2.92. The van der Waals surface area contributed by atoms with Crippen molar-refractivity contribution in [2.24, 2.45) is 0 Å². The van der Waals surface area contributed by atoms with Crippen LogP contribution in [0.25, 0.3) is 5.82 Å². The molecule has 0 unspecified atom stereocenters. The van der Waals surface area contributed by atoms with Crippen LogP contribution < -0.4 is 0 Å². The molecule has 0 saturated carbocycles. The van der Waals surface area contributed by atoms with Gasteiger partial charge in [0.25, 0.3) is 0 Å². The second kappa shape index (κ2) is 6.49. The van der Waals surface area contributed by atoms with Gasteiger partial charge in [-0.25, -0.2) is 14.5 Å². The second-order valence-electron chi connectivity index (χ2n) is 4.14. The number of aromatic nitrogens is 3. The Morgan fingerprint density at radius 3 is 2.76 bits per heavy atom. The molecule has 0 atom stereocenters. The molecule has 7 heteroatoms. The lowest BCUT2D eigenvalue weighted by Gasteiger charge is -2.01. The highest BCUT2D eigenvalue weighted by Crippen LogP contribution is 2.19. The lowest BCUT2D eigenvalue weighted by molar-refractivity contribution is 0.0515. The summed E-state index contributed by atoms with van der Waals surface area (Å²) in [4.78, 5) is 28.0. The summed E-state index contributed by atoms with van der Waals surface area (Å²) in [6.45, 7) is 3.60. The monoisotopic (exact) mass is 307 g/mol. The van der Waals surface area contributed by atoms with Crippen LogP contribution in [0.3, 0.4) is 0 Å². The van der Waals surface area contributed by atoms with Crippen LogP contribution in [-0.2, 0) is 4.74 Å². The fraction of sp³-hybridized carbons (Fsp3) is 0.286. The molecular formula is C14H14ClN3O3. The molecule has 0 saturated heterocycles. The van der Waals surface area contributed by atoms with Crippen LogP contribution in [0.5, 0.6) is 0 Å². The van der Waals surface area contributed by atoms with Gasteiger partial charge < -0.3 is 4.74 Å². The number of carbonyl (C=O) groups excluding carboxylic acids is 2. The fourth-order valence-electron chi connectivity index (χ4n) is 1.77. The largest absolute Gasteiger partial charge is 0.461 e. The minimum atomic E-state index is -0.639. The number of hydrogen-bond acceptors (Lipinski definition) is 5. The van der Waals surface area contributed by atoms with Gasteiger partial charge in [0, 0.05) is 18.8 Å². The van der Waals surface area contributed by atoms with Gasteiger partial charge in [-0.15, -0.1) is 0 Å². The predicted molar refractivity (Wildman–Crippen MR) is 76.9 cm³/mol. The number of Topliss-reactive ketones (excluding diaryl/α,β-unsaturated/α-hetero) is 1. The molecule has 0 fully saturated rings. The van der Waals surface area contributed by atoms with Crippen molar-refractivity contribution in [3.8, 4) is 5.82 Å². The topological polar surface area (TPSA) is 74.1 Å². The van der Waals surface area contributed by atoms with Gasteiger partial charge >= 0.3 is 5.97 Å². The maximum Gasteiger partial charge on any atom is 0.359 e. The van der Waals surface area contributed by atoms with Crippen LogP contribution in [-0.4, -0.2) is 33.1 Å². The first kappa shape index (κ1) is 15.2. The minimum absolute atomic E-state index is 0.0228. The quantitative estimate of drug-likeness (QED) is 0.627. The van der Waals surface area contributed by atoms with Gasteiger partial charge in [-0.2, -0.15) is 5.10 Å². The second-order valence-corrected chi connectivity index (χ2v) is 4.55. The highest BCUT2D eigenvalue weighted by atomic mass is 35.5. The van der Waals surface area contributed by atoms with Crippen molar-refractivity contribution < 1.29 is 14.3 Å². The molecule has 2 aromatic rings. The number of ether oxygens (including phenoxy) is 1. The SMILES string of the molecule is CCOC(=O)c1nn(-c2ncccc2Cl)cc1C(=O)CC. The molecule has 6 nitrogen and oxygen atoms in total. The molecule has 0 aromatic carbocycles. The van der Waals surface area contributed by atoms with E-state index in [4.69, 9.17) is 16.3 Å². The summed E-state index contributed by atoms with van der Waals surface area (Å²) >= 11 is 6.05. The summed E-state index contributed by atoms with van der Waals surface area (Å²) < 4.78 is 6.24. The number of pyridine rings is 1. The zero-order valence-electron chi connectivity index (χ0n) is 11.7. The zero-order chi connectivity index (χ0) is 15.4. The number of halogens is 1.